The van der Waals surface area contributed by atoms with Crippen LogP contribution in [-0.4, -0.2) is 46.3 Å². The molecule has 0 spiro atoms. The Morgan fingerprint density at radius 2 is 1.84 bits per heavy atom. The van der Waals surface area contributed by atoms with E-state index in [9.17, 15) is 9.59 Å². The summed E-state index contributed by atoms with van der Waals surface area (Å²) in [4.78, 5) is 29.2. The number of piperazine rings is 1. The van der Waals surface area contributed by atoms with Crippen molar-refractivity contribution in [2.75, 3.05) is 6.54 Å². The van der Waals surface area contributed by atoms with Crippen LogP contribution in [0.1, 0.15) is 46.5 Å². The van der Waals surface area contributed by atoms with E-state index in [-0.39, 0.29) is 29.8 Å². The highest BCUT2D eigenvalue weighted by Gasteiger charge is 2.52. The Kier molecular flexibility index (Phi) is 3.06. The third kappa shape index (κ3) is 1.87. The number of hydrogen-bond donors (Lipinski definition) is 0. The first-order chi connectivity index (χ1) is 9.00. The van der Waals surface area contributed by atoms with Gasteiger partial charge in [-0.25, -0.2) is 0 Å². The third-order valence-corrected chi connectivity index (χ3v) is 5.00. The number of nitrogens with zero attached hydrogens (tertiary/aromatic N) is 2. The van der Waals surface area contributed by atoms with E-state index in [0.29, 0.717) is 12.0 Å². The lowest BCUT2D eigenvalue weighted by Crippen LogP contribution is -2.68. The van der Waals surface area contributed by atoms with Crippen molar-refractivity contribution in [1.29, 1.82) is 0 Å². The number of hydrogen-bond acceptors (Lipinski definition) is 2. The van der Waals surface area contributed by atoms with Crippen LogP contribution in [0.5, 0.6) is 0 Å². The lowest BCUT2D eigenvalue weighted by atomic mass is 9.78. The van der Waals surface area contributed by atoms with Gasteiger partial charge in [0.2, 0.25) is 11.8 Å². The lowest BCUT2D eigenvalue weighted by Gasteiger charge is -2.51. The molecule has 4 heteroatoms. The molecule has 0 N–H and O–H groups in total. The summed E-state index contributed by atoms with van der Waals surface area (Å²) in [5.74, 6) is 1.31. The quantitative estimate of drug-likeness (QED) is 0.761. The summed E-state index contributed by atoms with van der Waals surface area (Å²) < 4.78 is 0. The highest BCUT2D eigenvalue weighted by molar-refractivity contribution is 5.97. The summed E-state index contributed by atoms with van der Waals surface area (Å²) in [6.07, 6.45) is 3.96. The molecule has 0 aromatic rings. The maximum absolute atomic E-state index is 12.7. The average molecular weight is 264 g/mol. The second kappa shape index (κ2) is 4.50. The maximum atomic E-state index is 12.7. The van der Waals surface area contributed by atoms with Gasteiger partial charge in [0.05, 0.1) is 0 Å². The number of fused-ring (bicyclic) bond motifs is 1. The van der Waals surface area contributed by atoms with Gasteiger partial charge in [-0.1, -0.05) is 20.8 Å². The van der Waals surface area contributed by atoms with Crippen LogP contribution in [0.25, 0.3) is 0 Å². The van der Waals surface area contributed by atoms with Gasteiger partial charge in [-0.2, -0.15) is 0 Å². The molecule has 2 aliphatic heterocycles. The Hall–Kier alpha value is -1.06. The molecule has 106 valence electrons. The molecule has 4 nitrogen and oxygen atoms in total. The minimum atomic E-state index is -0.223. The first kappa shape index (κ1) is 12.9. The predicted octanol–water partition coefficient (Wildman–Crippen LogP) is 1.64. The first-order valence-electron chi connectivity index (χ1n) is 7.63. The molecule has 2 saturated heterocycles. The fourth-order valence-corrected chi connectivity index (χ4v) is 3.99. The minimum absolute atomic E-state index is 0.154. The van der Waals surface area contributed by atoms with Gasteiger partial charge in [0.1, 0.15) is 12.1 Å². The van der Waals surface area contributed by atoms with Crippen LogP contribution < -0.4 is 0 Å². The van der Waals surface area contributed by atoms with Crippen molar-refractivity contribution in [2.45, 2.75) is 64.6 Å². The van der Waals surface area contributed by atoms with Crippen LogP contribution in [0.2, 0.25) is 0 Å². The van der Waals surface area contributed by atoms with E-state index in [4.69, 9.17) is 0 Å². The van der Waals surface area contributed by atoms with Crippen LogP contribution in [0.15, 0.2) is 0 Å². The third-order valence-electron chi connectivity index (χ3n) is 5.00. The lowest BCUT2D eigenvalue weighted by molar-refractivity contribution is -0.167. The molecule has 0 aromatic carbocycles. The fraction of sp³-hybridized carbons (Fsp3) is 0.867. The minimum Gasteiger partial charge on any atom is -0.329 e. The van der Waals surface area contributed by atoms with Gasteiger partial charge in [-0.3, -0.25) is 9.59 Å². The summed E-state index contributed by atoms with van der Waals surface area (Å²) in [7, 11) is 0. The molecule has 2 unspecified atom stereocenters. The Bertz CT molecular complexity index is 401. The molecule has 1 saturated carbocycles. The zero-order valence-electron chi connectivity index (χ0n) is 12.1. The van der Waals surface area contributed by atoms with Gasteiger partial charge in [-0.05, 0) is 37.5 Å². The molecule has 2 atom stereocenters. The normalized spacial score (nSPS) is 38.7. The summed E-state index contributed by atoms with van der Waals surface area (Å²) >= 11 is 0. The van der Waals surface area contributed by atoms with Gasteiger partial charge in [0.25, 0.3) is 0 Å². The smallest absolute Gasteiger partial charge is 0.246 e. The monoisotopic (exact) mass is 264 g/mol. The van der Waals surface area contributed by atoms with Gasteiger partial charge in [0.15, 0.2) is 0 Å². The molecule has 0 radical (unpaired) electrons. The topological polar surface area (TPSA) is 40.6 Å². The van der Waals surface area contributed by atoms with Crippen molar-refractivity contribution >= 4 is 11.8 Å². The number of carbonyl (C=O) groups is 2. The van der Waals surface area contributed by atoms with Crippen LogP contribution >= 0.6 is 0 Å². The Labute approximate surface area is 115 Å². The van der Waals surface area contributed by atoms with Gasteiger partial charge in [0, 0.05) is 12.6 Å². The number of carbonyl (C=O) groups excluding carboxylic acids is 2. The SMILES string of the molecule is CC1CC(N2C(=O)C3CCCN3C(=O)C2C(C)C)C1. The van der Waals surface area contributed by atoms with E-state index in [0.717, 1.165) is 32.2 Å². The standard InChI is InChI=1S/C15H24N2O2/c1-9(2)13-15(19)16-6-4-5-12(16)14(18)17(13)11-7-10(3)8-11/h9-13H,4-8H2,1-3H3. The zero-order valence-corrected chi connectivity index (χ0v) is 12.1. The largest absolute Gasteiger partial charge is 0.329 e. The van der Waals surface area contributed by atoms with E-state index >= 15 is 0 Å². The molecule has 2 heterocycles. The van der Waals surface area contributed by atoms with Crippen LogP contribution in [0, 0.1) is 11.8 Å². The molecule has 19 heavy (non-hydrogen) atoms. The van der Waals surface area contributed by atoms with Crippen LogP contribution in [-0.2, 0) is 9.59 Å². The van der Waals surface area contributed by atoms with Gasteiger partial charge < -0.3 is 9.80 Å². The van der Waals surface area contributed by atoms with Crippen LogP contribution in [0.4, 0.5) is 0 Å². The number of rotatable bonds is 2. The second-order valence-corrected chi connectivity index (χ2v) is 6.85. The first-order valence-corrected chi connectivity index (χ1v) is 7.63. The molecular formula is C15H24N2O2. The molecular weight excluding hydrogens is 240 g/mol. The highest BCUT2D eigenvalue weighted by Crippen LogP contribution is 2.38. The Balaban J connectivity index is 1.89. The predicted molar refractivity (Wildman–Crippen MR) is 72.4 cm³/mol. The van der Waals surface area contributed by atoms with E-state index in [2.05, 4.69) is 20.8 Å². The molecule has 3 fully saturated rings. The van der Waals surface area contributed by atoms with Crippen LogP contribution in [0.3, 0.4) is 0 Å². The summed E-state index contributed by atoms with van der Waals surface area (Å²) in [5.41, 5.74) is 0. The highest BCUT2D eigenvalue weighted by atomic mass is 16.2. The molecule has 0 bridgehead atoms. The molecule has 3 aliphatic rings. The van der Waals surface area contributed by atoms with Crippen molar-refractivity contribution < 1.29 is 9.59 Å². The molecule has 3 rings (SSSR count). The fourth-order valence-electron chi connectivity index (χ4n) is 3.99. The molecule has 1 aliphatic carbocycles. The van der Waals surface area contributed by atoms with Crippen molar-refractivity contribution in [1.82, 2.24) is 9.80 Å². The van der Waals surface area contributed by atoms with Crippen molar-refractivity contribution in [3.63, 3.8) is 0 Å². The molecule has 0 aromatic heterocycles. The van der Waals surface area contributed by atoms with Gasteiger partial charge >= 0.3 is 0 Å². The molecule has 2 amide bonds. The van der Waals surface area contributed by atoms with Gasteiger partial charge in [-0.15, -0.1) is 0 Å². The van der Waals surface area contributed by atoms with Crippen molar-refractivity contribution in [3.8, 4) is 0 Å². The average Bonchev–Trinajstić information content (AvgIpc) is 2.79. The summed E-state index contributed by atoms with van der Waals surface area (Å²) in [6, 6.07) is -0.0700. The van der Waals surface area contributed by atoms with Crippen molar-refractivity contribution in [3.05, 3.63) is 0 Å². The zero-order chi connectivity index (χ0) is 13.7. The van der Waals surface area contributed by atoms with Crippen molar-refractivity contribution in [2.24, 2.45) is 11.8 Å². The van der Waals surface area contributed by atoms with E-state index < -0.39 is 0 Å². The maximum Gasteiger partial charge on any atom is 0.246 e. The van der Waals surface area contributed by atoms with E-state index in [1.165, 1.54) is 0 Å². The van der Waals surface area contributed by atoms with E-state index in [1.54, 1.807) is 0 Å². The second-order valence-electron chi connectivity index (χ2n) is 6.85. The number of amides is 2. The Morgan fingerprint density at radius 1 is 1.16 bits per heavy atom. The summed E-state index contributed by atoms with van der Waals surface area (Å²) in [6.45, 7) is 7.11. The van der Waals surface area contributed by atoms with E-state index in [1.807, 2.05) is 9.80 Å². The Morgan fingerprint density at radius 3 is 2.42 bits per heavy atom. The summed E-state index contributed by atoms with van der Waals surface area (Å²) in [5, 5.41) is 0.